The van der Waals surface area contributed by atoms with Crippen LogP contribution in [-0.4, -0.2) is 30.3 Å². The molecule has 1 aliphatic rings. The molecule has 0 saturated carbocycles. The quantitative estimate of drug-likeness (QED) is 0.304. The number of carbonyl (C=O) groups is 4. The van der Waals surface area contributed by atoms with Crippen LogP contribution in [0.4, 0.5) is 17.1 Å². The van der Waals surface area contributed by atoms with Gasteiger partial charge in [0.15, 0.2) is 0 Å². The Bertz CT molecular complexity index is 1470. The van der Waals surface area contributed by atoms with E-state index in [1.165, 1.54) is 18.2 Å². The van der Waals surface area contributed by atoms with Crippen LogP contribution in [0.1, 0.15) is 33.2 Å². The highest BCUT2D eigenvalue weighted by atomic mass is 35.5. The second-order valence-electron chi connectivity index (χ2n) is 8.03. The number of halogens is 2. The Morgan fingerprint density at radius 2 is 1.57 bits per heavy atom. The number of hydrogen-bond acceptors (Lipinski definition) is 6. The summed E-state index contributed by atoms with van der Waals surface area (Å²) in [6, 6.07) is 17.5. The molecule has 2 N–H and O–H groups in total. The van der Waals surface area contributed by atoms with Gasteiger partial charge in [-0.15, -0.1) is 0 Å². The van der Waals surface area contributed by atoms with Crippen LogP contribution in [0.3, 0.4) is 0 Å². The third kappa shape index (κ3) is 5.50. The number of ether oxygens (including phenoxy) is 1. The van der Waals surface area contributed by atoms with E-state index < -0.39 is 23.7 Å². The first kappa shape index (κ1) is 25.9. The summed E-state index contributed by atoms with van der Waals surface area (Å²) in [5.41, 5.74) is 2.31. The Morgan fingerprint density at radius 1 is 0.892 bits per heavy atom. The van der Waals surface area contributed by atoms with Gasteiger partial charge in [-0.1, -0.05) is 41.4 Å². The number of nitrogens with zero attached hydrogens (tertiary/aromatic N) is 1. The molecule has 0 aliphatic carbocycles. The molecule has 1 aliphatic heterocycles. The van der Waals surface area contributed by atoms with E-state index >= 15 is 0 Å². The predicted molar refractivity (Wildman–Crippen MR) is 142 cm³/mol. The summed E-state index contributed by atoms with van der Waals surface area (Å²) < 4.78 is 4.99. The van der Waals surface area contributed by atoms with Crippen LogP contribution in [0.25, 0.3) is 0 Å². The Labute approximate surface area is 222 Å². The fourth-order valence-electron chi connectivity index (χ4n) is 3.59. The maximum Gasteiger partial charge on any atom is 0.338 e. The molecule has 8 nitrogen and oxygen atoms in total. The second kappa shape index (κ2) is 10.9. The number of nitrogens with one attached hydrogen (secondary N) is 2. The number of anilines is 3. The summed E-state index contributed by atoms with van der Waals surface area (Å²) in [7, 11) is 0. The van der Waals surface area contributed by atoms with Gasteiger partial charge in [0.05, 0.1) is 17.9 Å². The van der Waals surface area contributed by atoms with Crippen molar-refractivity contribution in [2.24, 2.45) is 0 Å². The maximum atomic E-state index is 13.1. The fourth-order valence-corrected chi connectivity index (χ4v) is 3.98. The van der Waals surface area contributed by atoms with Crippen molar-refractivity contribution in [1.29, 1.82) is 0 Å². The summed E-state index contributed by atoms with van der Waals surface area (Å²) in [6.45, 7) is 3.75. The van der Waals surface area contributed by atoms with Gasteiger partial charge in [0, 0.05) is 22.0 Å². The first-order chi connectivity index (χ1) is 17.7. The van der Waals surface area contributed by atoms with Gasteiger partial charge in [-0.2, -0.15) is 0 Å². The van der Waals surface area contributed by atoms with Crippen molar-refractivity contribution in [3.63, 3.8) is 0 Å². The van der Waals surface area contributed by atoms with Crippen molar-refractivity contribution in [3.05, 3.63) is 99.2 Å². The summed E-state index contributed by atoms with van der Waals surface area (Å²) >= 11 is 12.4. The van der Waals surface area contributed by atoms with Gasteiger partial charge >= 0.3 is 5.97 Å². The zero-order chi connectivity index (χ0) is 26.7. The van der Waals surface area contributed by atoms with E-state index in [2.05, 4.69) is 10.6 Å². The van der Waals surface area contributed by atoms with Gasteiger partial charge in [0.2, 0.25) is 0 Å². The van der Waals surface area contributed by atoms with Gasteiger partial charge in [-0.3, -0.25) is 14.4 Å². The van der Waals surface area contributed by atoms with Gasteiger partial charge < -0.3 is 15.4 Å². The molecule has 0 saturated heterocycles. The third-order valence-electron chi connectivity index (χ3n) is 5.47. The molecule has 0 aromatic heterocycles. The second-order valence-corrected chi connectivity index (χ2v) is 8.81. The van der Waals surface area contributed by atoms with E-state index in [4.69, 9.17) is 27.9 Å². The number of benzene rings is 3. The topological polar surface area (TPSA) is 105 Å². The lowest BCUT2D eigenvalue weighted by Crippen LogP contribution is -2.32. The average molecular weight is 538 g/mol. The molecule has 4 rings (SSSR count). The molecule has 0 atom stereocenters. The van der Waals surface area contributed by atoms with E-state index in [9.17, 15) is 19.2 Å². The normalized spacial score (nSPS) is 13.1. The monoisotopic (exact) mass is 537 g/mol. The van der Waals surface area contributed by atoms with Crippen molar-refractivity contribution < 1.29 is 23.9 Å². The largest absolute Gasteiger partial charge is 0.462 e. The van der Waals surface area contributed by atoms with Crippen LogP contribution in [0.2, 0.25) is 5.02 Å². The third-order valence-corrected chi connectivity index (χ3v) is 6.22. The fraction of sp³-hybridized carbons (Fsp3) is 0.111. The molecule has 0 bridgehead atoms. The molecule has 3 aromatic carbocycles. The average Bonchev–Trinajstić information content (AvgIpc) is 3.09. The lowest BCUT2D eigenvalue weighted by molar-refractivity contribution is -0.120. The van der Waals surface area contributed by atoms with Crippen LogP contribution < -0.4 is 15.5 Å². The lowest BCUT2D eigenvalue weighted by Gasteiger charge is -2.16. The summed E-state index contributed by atoms with van der Waals surface area (Å²) in [5.74, 6) is -2.29. The highest BCUT2D eigenvalue weighted by Gasteiger charge is 2.39. The van der Waals surface area contributed by atoms with Gasteiger partial charge in [-0.25, -0.2) is 9.69 Å². The van der Waals surface area contributed by atoms with Crippen LogP contribution >= 0.6 is 23.2 Å². The Morgan fingerprint density at radius 3 is 2.27 bits per heavy atom. The molecule has 37 heavy (non-hydrogen) atoms. The number of esters is 1. The minimum Gasteiger partial charge on any atom is -0.462 e. The van der Waals surface area contributed by atoms with E-state index in [0.717, 1.165) is 10.5 Å². The Balaban J connectivity index is 1.51. The zero-order valence-corrected chi connectivity index (χ0v) is 21.3. The molecule has 3 amide bonds. The molecule has 3 aromatic rings. The molecule has 0 radical (unpaired) electrons. The van der Waals surface area contributed by atoms with Gasteiger partial charge in [0.25, 0.3) is 17.7 Å². The molecular formula is C27H21Cl2N3O5. The molecular weight excluding hydrogens is 517 g/mol. The van der Waals surface area contributed by atoms with Crippen molar-refractivity contribution in [3.8, 4) is 0 Å². The van der Waals surface area contributed by atoms with Crippen LogP contribution in [0.15, 0.2) is 77.5 Å². The number of carbonyl (C=O) groups excluding carboxylic acids is 4. The van der Waals surface area contributed by atoms with E-state index in [0.29, 0.717) is 27.6 Å². The minimum absolute atomic E-state index is 0.122. The molecule has 0 spiro atoms. The summed E-state index contributed by atoms with van der Waals surface area (Å²) in [5, 5.41) is 5.70. The molecule has 10 heteroatoms. The zero-order valence-electron chi connectivity index (χ0n) is 19.8. The minimum atomic E-state index is -0.690. The summed E-state index contributed by atoms with van der Waals surface area (Å²) in [6.07, 6.45) is 0. The smallest absolute Gasteiger partial charge is 0.338 e. The van der Waals surface area contributed by atoms with Crippen molar-refractivity contribution in [2.45, 2.75) is 13.8 Å². The number of imide groups is 1. The van der Waals surface area contributed by atoms with Crippen LogP contribution in [0.5, 0.6) is 0 Å². The van der Waals surface area contributed by atoms with Gasteiger partial charge in [0.1, 0.15) is 10.7 Å². The predicted octanol–water partition coefficient (Wildman–Crippen LogP) is 5.51. The van der Waals surface area contributed by atoms with Crippen LogP contribution in [0, 0.1) is 6.92 Å². The van der Waals surface area contributed by atoms with Crippen LogP contribution in [-0.2, 0) is 14.3 Å². The first-order valence-corrected chi connectivity index (χ1v) is 12.0. The molecule has 0 unspecified atom stereocenters. The van der Waals surface area contributed by atoms with E-state index in [1.807, 2.05) is 0 Å². The number of rotatable bonds is 7. The summed E-state index contributed by atoms with van der Waals surface area (Å²) in [4.78, 5) is 51.6. The first-order valence-electron chi connectivity index (χ1n) is 11.2. The van der Waals surface area contributed by atoms with Crippen molar-refractivity contribution in [2.75, 3.05) is 22.1 Å². The number of amides is 3. The molecule has 0 fully saturated rings. The SMILES string of the molecule is CCOC(=O)c1cccc(NC(=O)c2cccc(NC3=C(Cl)C(=O)N(c4ccc(C)c(Cl)c4)C3=O)c2)c1. The maximum absolute atomic E-state index is 13.1. The number of aryl methyl sites for hydroxylation is 1. The van der Waals surface area contributed by atoms with Gasteiger partial charge in [-0.05, 0) is 67.9 Å². The van der Waals surface area contributed by atoms with Crippen molar-refractivity contribution in [1.82, 2.24) is 0 Å². The lowest BCUT2D eigenvalue weighted by atomic mass is 10.1. The number of hydrogen-bond donors (Lipinski definition) is 2. The highest BCUT2D eigenvalue weighted by Crippen LogP contribution is 2.32. The Hall–Kier alpha value is -4.14. The molecule has 1 heterocycles. The van der Waals surface area contributed by atoms with Crippen molar-refractivity contribution >= 4 is 64.0 Å². The standard InChI is InChI=1S/C27H21Cl2N3O5/c1-3-37-27(36)17-7-5-9-19(13-17)31-24(33)16-6-4-8-18(12-16)30-23-22(29)25(34)32(26(23)35)20-11-10-15(2)21(28)14-20/h4-14,30H,3H2,1-2H3,(H,31,33). The molecule has 188 valence electrons. The van der Waals surface area contributed by atoms with E-state index in [-0.39, 0.29) is 22.9 Å². The van der Waals surface area contributed by atoms with E-state index in [1.54, 1.807) is 62.4 Å². The Kier molecular flexibility index (Phi) is 7.61. The highest BCUT2D eigenvalue weighted by molar-refractivity contribution is 6.53.